The molecule has 1 aromatic carbocycles. The lowest BCUT2D eigenvalue weighted by atomic mass is 9.78. The predicted octanol–water partition coefficient (Wildman–Crippen LogP) is 1.81. The van der Waals surface area contributed by atoms with Gasteiger partial charge in [0.05, 0.1) is 4.92 Å². The van der Waals surface area contributed by atoms with E-state index in [1.165, 1.54) is 12.1 Å². The van der Waals surface area contributed by atoms with Crippen LogP contribution in [0.2, 0.25) is 0 Å². The minimum absolute atomic E-state index is 0.0136. The Morgan fingerprint density at radius 2 is 1.86 bits per heavy atom. The highest BCUT2D eigenvalue weighted by Crippen LogP contribution is 2.39. The third kappa shape index (κ3) is 2.76. The molecular weight excluding hydrogens is 270 g/mol. The minimum atomic E-state index is -0.450. The first-order chi connectivity index (χ1) is 10.1. The zero-order valence-corrected chi connectivity index (χ0v) is 11.9. The molecule has 1 aromatic rings. The number of carbonyl (C=O) groups is 1. The average molecular weight is 289 g/mol. The fourth-order valence-electron chi connectivity index (χ4n) is 3.38. The summed E-state index contributed by atoms with van der Waals surface area (Å²) in [6.45, 7) is 3.65. The smallest absolute Gasteiger partial charge is 0.269 e. The van der Waals surface area contributed by atoms with Crippen molar-refractivity contribution in [3.63, 3.8) is 0 Å². The Morgan fingerprint density at radius 1 is 1.19 bits per heavy atom. The highest BCUT2D eigenvalue weighted by atomic mass is 16.6. The zero-order valence-electron chi connectivity index (χ0n) is 11.9. The third-order valence-electron chi connectivity index (χ3n) is 4.71. The van der Waals surface area contributed by atoms with Crippen LogP contribution in [0.25, 0.3) is 0 Å². The molecule has 0 radical (unpaired) electrons. The van der Waals surface area contributed by atoms with Crippen LogP contribution in [0.15, 0.2) is 24.3 Å². The molecule has 2 aliphatic rings. The summed E-state index contributed by atoms with van der Waals surface area (Å²) in [5, 5.41) is 14.0. The van der Waals surface area contributed by atoms with Gasteiger partial charge in [-0.05, 0) is 49.9 Å². The number of hydrogen-bond acceptors (Lipinski definition) is 4. The van der Waals surface area contributed by atoms with E-state index in [1.807, 2.05) is 4.90 Å². The van der Waals surface area contributed by atoms with Crippen LogP contribution in [0.4, 0.5) is 5.69 Å². The normalized spacial score (nSPS) is 20.7. The molecule has 21 heavy (non-hydrogen) atoms. The second-order valence-corrected chi connectivity index (χ2v) is 6.03. The Morgan fingerprint density at radius 3 is 2.48 bits per heavy atom. The van der Waals surface area contributed by atoms with Gasteiger partial charge in [0.2, 0.25) is 0 Å². The van der Waals surface area contributed by atoms with E-state index < -0.39 is 4.92 Å². The molecule has 1 N–H and O–H groups in total. The zero-order chi connectivity index (χ0) is 14.9. The molecule has 0 saturated carbocycles. The van der Waals surface area contributed by atoms with Crippen LogP contribution in [0.1, 0.15) is 29.6 Å². The molecule has 0 aromatic heterocycles. The first-order valence-corrected chi connectivity index (χ1v) is 7.34. The van der Waals surface area contributed by atoms with E-state index in [4.69, 9.17) is 0 Å². The molecule has 1 spiro atoms. The summed E-state index contributed by atoms with van der Waals surface area (Å²) in [6, 6.07) is 5.88. The van der Waals surface area contributed by atoms with Gasteiger partial charge >= 0.3 is 0 Å². The van der Waals surface area contributed by atoms with Crippen molar-refractivity contribution in [1.29, 1.82) is 0 Å². The van der Waals surface area contributed by atoms with Crippen molar-refractivity contribution in [3.8, 4) is 0 Å². The van der Waals surface area contributed by atoms with Crippen LogP contribution in [0.5, 0.6) is 0 Å². The summed E-state index contributed by atoms with van der Waals surface area (Å²) in [7, 11) is 0. The number of benzene rings is 1. The van der Waals surface area contributed by atoms with Crippen LogP contribution in [0.3, 0.4) is 0 Å². The summed E-state index contributed by atoms with van der Waals surface area (Å²) in [5.74, 6) is -0.0136. The molecule has 3 rings (SSSR count). The maximum absolute atomic E-state index is 12.5. The maximum Gasteiger partial charge on any atom is 0.269 e. The maximum atomic E-state index is 12.5. The highest BCUT2D eigenvalue weighted by molar-refractivity contribution is 5.94. The summed E-state index contributed by atoms with van der Waals surface area (Å²) >= 11 is 0. The Balaban J connectivity index is 1.69. The van der Waals surface area contributed by atoms with Crippen molar-refractivity contribution in [3.05, 3.63) is 39.9 Å². The van der Waals surface area contributed by atoms with Crippen molar-refractivity contribution in [2.75, 3.05) is 26.2 Å². The number of amides is 1. The SMILES string of the molecule is O=C(c1ccc([N+](=O)[O-])cc1)N1CCC2(CCNCC2)C1. The number of nitro groups is 1. The van der Waals surface area contributed by atoms with E-state index in [-0.39, 0.29) is 17.0 Å². The quantitative estimate of drug-likeness (QED) is 0.665. The van der Waals surface area contributed by atoms with Crippen molar-refractivity contribution in [1.82, 2.24) is 10.2 Å². The van der Waals surface area contributed by atoms with Gasteiger partial charge in [0.1, 0.15) is 0 Å². The molecule has 6 heteroatoms. The molecule has 2 aliphatic heterocycles. The number of nitrogens with one attached hydrogen (secondary N) is 1. The van der Waals surface area contributed by atoms with Gasteiger partial charge < -0.3 is 10.2 Å². The molecule has 2 fully saturated rings. The molecule has 0 unspecified atom stereocenters. The molecular formula is C15H19N3O3. The van der Waals surface area contributed by atoms with Crippen molar-refractivity contribution in [2.24, 2.45) is 5.41 Å². The fourth-order valence-corrected chi connectivity index (χ4v) is 3.38. The molecule has 112 valence electrons. The summed E-state index contributed by atoms with van der Waals surface area (Å²) < 4.78 is 0. The largest absolute Gasteiger partial charge is 0.338 e. The number of carbonyl (C=O) groups excluding carboxylic acids is 1. The van der Waals surface area contributed by atoms with E-state index in [2.05, 4.69) is 5.32 Å². The van der Waals surface area contributed by atoms with Gasteiger partial charge in [0.15, 0.2) is 0 Å². The minimum Gasteiger partial charge on any atom is -0.338 e. The van der Waals surface area contributed by atoms with Crippen molar-refractivity contribution >= 4 is 11.6 Å². The van der Waals surface area contributed by atoms with Crippen molar-refractivity contribution in [2.45, 2.75) is 19.3 Å². The Labute approximate surface area is 123 Å². The number of nitrogens with zero attached hydrogens (tertiary/aromatic N) is 2. The Kier molecular flexibility index (Phi) is 3.63. The monoisotopic (exact) mass is 289 g/mol. The van der Waals surface area contributed by atoms with Crippen LogP contribution in [0, 0.1) is 15.5 Å². The molecule has 2 heterocycles. The molecule has 2 saturated heterocycles. The Hall–Kier alpha value is -1.95. The number of non-ortho nitro benzene ring substituents is 1. The lowest BCUT2D eigenvalue weighted by Gasteiger charge is -2.33. The third-order valence-corrected chi connectivity index (χ3v) is 4.71. The second-order valence-electron chi connectivity index (χ2n) is 6.03. The first kappa shape index (κ1) is 14.0. The van der Waals surface area contributed by atoms with Crippen LogP contribution in [-0.4, -0.2) is 41.9 Å². The van der Waals surface area contributed by atoms with Crippen LogP contribution in [-0.2, 0) is 0 Å². The predicted molar refractivity (Wildman–Crippen MR) is 78.2 cm³/mol. The van der Waals surface area contributed by atoms with Crippen LogP contribution < -0.4 is 5.32 Å². The van der Waals surface area contributed by atoms with Gasteiger partial charge in [-0.15, -0.1) is 0 Å². The van der Waals surface area contributed by atoms with E-state index >= 15 is 0 Å². The van der Waals surface area contributed by atoms with Gasteiger partial charge in [0, 0.05) is 30.8 Å². The topological polar surface area (TPSA) is 75.5 Å². The lowest BCUT2D eigenvalue weighted by molar-refractivity contribution is -0.384. The number of piperidine rings is 1. The molecule has 0 bridgehead atoms. The summed E-state index contributed by atoms with van der Waals surface area (Å²) in [6.07, 6.45) is 3.31. The second kappa shape index (κ2) is 5.44. The summed E-state index contributed by atoms with van der Waals surface area (Å²) in [5.41, 5.74) is 0.830. The standard InChI is InChI=1S/C15H19N3O3/c19-14(12-1-3-13(4-2-12)18(20)21)17-10-7-15(11-17)5-8-16-9-6-15/h1-4,16H,5-11H2. The van der Waals surface area contributed by atoms with Gasteiger partial charge in [-0.3, -0.25) is 14.9 Å². The number of nitro benzene ring substituents is 1. The average Bonchev–Trinajstić information content (AvgIpc) is 2.91. The van der Waals surface area contributed by atoms with Gasteiger partial charge in [-0.1, -0.05) is 0 Å². The van der Waals surface area contributed by atoms with Gasteiger partial charge in [0.25, 0.3) is 11.6 Å². The number of likely N-dealkylation sites (tertiary alicyclic amines) is 1. The number of hydrogen-bond donors (Lipinski definition) is 1. The van der Waals surface area contributed by atoms with E-state index in [1.54, 1.807) is 12.1 Å². The van der Waals surface area contributed by atoms with Gasteiger partial charge in [-0.25, -0.2) is 0 Å². The Bertz CT molecular complexity index is 550. The first-order valence-electron chi connectivity index (χ1n) is 7.34. The van der Waals surface area contributed by atoms with E-state index in [0.717, 1.165) is 45.4 Å². The van der Waals surface area contributed by atoms with Crippen LogP contribution >= 0.6 is 0 Å². The van der Waals surface area contributed by atoms with Gasteiger partial charge in [-0.2, -0.15) is 0 Å². The fraction of sp³-hybridized carbons (Fsp3) is 0.533. The van der Waals surface area contributed by atoms with E-state index in [9.17, 15) is 14.9 Å². The highest BCUT2D eigenvalue weighted by Gasteiger charge is 2.40. The molecule has 0 aliphatic carbocycles. The molecule has 6 nitrogen and oxygen atoms in total. The van der Waals surface area contributed by atoms with E-state index in [0.29, 0.717) is 5.56 Å². The van der Waals surface area contributed by atoms with Crippen molar-refractivity contribution < 1.29 is 9.72 Å². The number of rotatable bonds is 2. The molecule has 1 amide bonds. The molecule has 0 atom stereocenters. The summed E-state index contributed by atoms with van der Waals surface area (Å²) in [4.78, 5) is 24.6. The lowest BCUT2D eigenvalue weighted by Crippen LogP contribution is -2.39.